The summed E-state index contributed by atoms with van der Waals surface area (Å²) in [6.45, 7) is 11.7. The van der Waals surface area contributed by atoms with E-state index in [1.165, 1.54) is 19.1 Å². The number of rotatable bonds is 19. The highest BCUT2D eigenvalue weighted by Crippen LogP contribution is 2.27. The van der Waals surface area contributed by atoms with Crippen molar-refractivity contribution in [2.45, 2.75) is 110 Å². The van der Waals surface area contributed by atoms with Crippen LogP contribution in [-0.2, 0) is 39.9 Å². The molecule has 1 heterocycles. The number of aliphatic hydroxyl groups is 1. The van der Waals surface area contributed by atoms with Gasteiger partial charge in [0.15, 0.2) is 6.10 Å². The van der Waals surface area contributed by atoms with Crippen LogP contribution in [0.15, 0.2) is 30.3 Å². The molecule has 0 bridgehead atoms. The monoisotopic (exact) mass is 677 g/mol. The Bertz CT molecular complexity index is 1170. The van der Waals surface area contributed by atoms with Gasteiger partial charge in [-0.3, -0.25) is 19.2 Å². The molecule has 4 amide bonds. The van der Waals surface area contributed by atoms with E-state index in [0.29, 0.717) is 13.0 Å². The number of carbonyl (C=O) groups excluding carboxylic acids is 4. The van der Waals surface area contributed by atoms with E-state index >= 15 is 0 Å². The molecule has 1 aliphatic rings. The summed E-state index contributed by atoms with van der Waals surface area (Å²) in [7, 11) is 6.26. The van der Waals surface area contributed by atoms with Crippen molar-refractivity contribution in [2.24, 2.45) is 17.8 Å². The van der Waals surface area contributed by atoms with Gasteiger partial charge in [-0.1, -0.05) is 78.3 Å². The van der Waals surface area contributed by atoms with Crippen LogP contribution >= 0.6 is 0 Å². The largest absolute Gasteiger partial charge is 0.390 e. The molecule has 9 atom stereocenters. The third-order valence-corrected chi connectivity index (χ3v) is 9.22. The molecular weight excluding hydrogens is 618 g/mol. The van der Waals surface area contributed by atoms with E-state index in [2.05, 4.69) is 21.3 Å². The number of aliphatic hydroxyl groups excluding tert-OH is 1. The normalized spacial score (nSPS) is 22.4. The van der Waals surface area contributed by atoms with Gasteiger partial charge in [-0.05, 0) is 30.4 Å². The van der Waals surface area contributed by atoms with Gasteiger partial charge in [0, 0.05) is 34.4 Å². The molecule has 272 valence electrons. The van der Waals surface area contributed by atoms with Crippen molar-refractivity contribution in [1.82, 2.24) is 26.2 Å². The summed E-state index contributed by atoms with van der Waals surface area (Å²) in [4.78, 5) is 54.5. The van der Waals surface area contributed by atoms with Gasteiger partial charge >= 0.3 is 0 Å². The molecule has 13 heteroatoms. The molecule has 13 nitrogen and oxygen atoms in total. The molecule has 48 heavy (non-hydrogen) atoms. The number of nitrogens with one attached hydrogen (secondary N) is 4. The van der Waals surface area contributed by atoms with Crippen LogP contribution in [-0.4, -0.2) is 117 Å². The maximum absolute atomic E-state index is 13.8. The molecule has 1 aliphatic heterocycles. The minimum absolute atomic E-state index is 0.0130. The van der Waals surface area contributed by atoms with Crippen molar-refractivity contribution in [3.05, 3.63) is 35.9 Å². The van der Waals surface area contributed by atoms with E-state index in [-0.39, 0.29) is 48.4 Å². The topological polar surface area (TPSA) is 168 Å². The lowest BCUT2D eigenvalue weighted by Crippen LogP contribution is -2.59. The summed E-state index contributed by atoms with van der Waals surface area (Å²) in [5.74, 6) is -1.78. The van der Waals surface area contributed by atoms with Gasteiger partial charge in [-0.25, -0.2) is 0 Å². The zero-order valence-electron chi connectivity index (χ0n) is 30.3. The number of nitrogens with zero attached hydrogens (tertiary/aromatic N) is 1. The van der Waals surface area contributed by atoms with Crippen LogP contribution in [0.2, 0.25) is 0 Å². The van der Waals surface area contributed by atoms with Crippen molar-refractivity contribution < 1.29 is 38.5 Å². The summed E-state index contributed by atoms with van der Waals surface area (Å²) in [6, 6.07) is 7.50. The first-order chi connectivity index (χ1) is 22.7. The Hall–Kier alpha value is -3.10. The molecule has 0 aromatic heterocycles. The summed E-state index contributed by atoms with van der Waals surface area (Å²) >= 11 is 0. The highest BCUT2D eigenvalue weighted by atomic mass is 16.6. The average Bonchev–Trinajstić information content (AvgIpc) is 3.42. The third-order valence-electron chi connectivity index (χ3n) is 9.22. The van der Waals surface area contributed by atoms with Gasteiger partial charge in [0.25, 0.3) is 5.91 Å². The first-order valence-electron chi connectivity index (χ1n) is 16.9. The van der Waals surface area contributed by atoms with Gasteiger partial charge in [0.1, 0.15) is 24.4 Å². The van der Waals surface area contributed by atoms with Crippen LogP contribution in [0, 0.1) is 17.8 Å². The Labute approximate surface area is 286 Å². The lowest BCUT2D eigenvalue weighted by molar-refractivity contribution is -0.143. The van der Waals surface area contributed by atoms with Gasteiger partial charge in [0.05, 0.1) is 24.6 Å². The van der Waals surface area contributed by atoms with Crippen LogP contribution in [0.25, 0.3) is 0 Å². The fourth-order valence-electron chi connectivity index (χ4n) is 6.28. The predicted octanol–water partition coefficient (Wildman–Crippen LogP) is 1.23. The minimum Gasteiger partial charge on any atom is -0.390 e. The molecule has 0 aliphatic carbocycles. The molecule has 2 unspecified atom stereocenters. The average molecular weight is 678 g/mol. The van der Waals surface area contributed by atoms with Crippen LogP contribution in [0.1, 0.15) is 59.9 Å². The second-order valence-electron chi connectivity index (χ2n) is 13.3. The van der Waals surface area contributed by atoms with Crippen LogP contribution in [0.3, 0.4) is 0 Å². The molecule has 1 saturated heterocycles. The number of likely N-dealkylation sites (N-methyl/N-ethyl adjacent to an activating group) is 2. The van der Waals surface area contributed by atoms with E-state index in [4.69, 9.17) is 14.2 Å². The highest BCUT2D eigenvalue weighted by molar-refractivity contribution is 5.90. The minimum atomic E-state index is -1.19. The maximum Gasteiger partial charge on any atom is 0.252 e. The van der Waals surface area contributed by atoms with Crippen LogP contribution in [0.4, 0.5) is 0 Å². The van der Waals surface area contributed by atoms with Crippen molar-refractivity contribution >= 4 is 23.6 Å². The number of carbonyl (C=O) groups is 4. The van der Waals surface area contributed by atoms with Crippen LogP contribution < -0.4 is 21.3 Å². The second kappa shape index (κ2) is 19.8. The lowest BCUT2D eigenvalue weighted by atomic mass is 9.90. The molecule has 1 aromatic carbocycles. The Kier molecular flexibility index (Phi) is 16.9. The smallest absolute Gasteiger partial charge is 0.252 e. The first kappa shape index (κ1) is 41.1. The zero-order valence-corrected chi connectivity index (χ0v) is 30.3. The predicted molar refractivity (Wildman–Crippen MR) is 183 cm³/mol. The molecule has 0 spiro atoms. The number of benzene rings is 1. The molecule has 0 saturated carbocycles. The second-order valence-corrected chi connectivity index (χ2v) is 13.3. The number of methoxy groups -OCH3 is 2. The molecule has 5 N–H and O–H groups in total. The van der Waals surface area contributed by atoms with E-state index in [0.717, 1.165) is 5.56 Å². The quantitative estimate of drug-likeness (QED) is 0.145. The summed E-state index contributed by atoms with van der Waals surface area (Å²) in [5.41, 5.74) is 0.935. The Morgan fingerprint density at radius 1 is 0.938 bits per heavy atom. The van der Waals surface area contributed by atoms with Gasteiger partial charge in [0.2, 0.25) is 17.7 Å². The van der Waals surface area contributed by atoms with Crippen molar-refractivity contribution in [3.63, 3.8) is 0 Å². The highest BCUT2D eigenvalue weighted by Gasteiger charge is 2.48. The van der Waals surface area contributed by atoms with Gasteiger partial charge in [-0.2, -0.15) is 0 Å². The summed E-state index contributed by atoms with van der Waals surface area (Å²) < 4.78 is 17.2. The fraction of sp³-hybridized carbons (Fsp3) is 0.714. The standard InChI is InChI=1S/C35H59N5O8/c1-11-22(6)29(40(8)35(45)28(21(4)5)39-33(43)27(36-7)20(2)3)24(41)17-26(42)37-19-25-30(46-9)31(47-10)32(48-25)34(44)38-18-23-15-13-12-14-16-23/h12-16,20-22,24-25,27-32,36,41H,11,17-19H2,1-10H3,(H,37,42)(H,38,44)(H,39,43)/t22-,24+,25?,27-,28-,29?,30+,31-,32-/m0/s1. The van der Waals surface area contributed by atoms with E-state index in [1.807, 2.05) is 71.9 Å². The zero-order chi connectivity index (χ0) is 36.1. The van der Waals surface area contributed by atoms with Crippen molar-refractivity contribution in [1.29, 1.82) is 0 Å². The molecule has 1 aromatic rings. The number of amides is 4. The Balaban J connectivity index is 2.08. The first-order valence-corrected chi connectivity index (χ1v) is 16.9. The summed E-state index contributed by atoms with van der Waals surface area (Å²) in [6.07, 6.45) is -3.80. The lowest BCUT2D eigenvalue weighted by Gasteiger charge is -2.38. The Morgan fingerprint density at radius 2 is 1.54 bits per heavy atom. The van der Waals surface area contributed by atoms with Gasteiger partial charge in [-0.15, -0.1) is 0 Å². The van der Waals surface area contributed by atoms with E-state index < -0.39 is 54.6 Å². The molecule has 2 rings (SSSR count). The number of ether oxygens (including phenoxy) is 3. The fourth-order valence-corrected chi connectivity index (χ4v) is 6.28. The SMILES string of the molecule is CC[C@H](C)C([C@H](O)CC(=O)NCC1O[C@H](C(=O)NCc2ccccc2)[C@@H](OC)[C@@H]1OC)N(C)C(=O)[C@@H](NC(=O)[C@@H](NC)C(C)C)C(C)C. The van der Waals surface area contributed by atoms with Crippen LogP contribution in [0.5, 0.6) is 0 Å². The molecular formula is C35H59N5O8. The van der Waals surface area contributed by atoms with E-state index in [1.54, 1.807) is 14.1 Å². The van der Waals surface area contributed by atoms with Crippen molar-refractivity contribution in [3.8, 4) is 0 Å². The Morgan fingerprint density at radius 3 is 2.06 bits per heavy atom. The third kappa shape index (κ3) is 11.0. The molecule has 1 fully saturated rings. The van der Waals surface area contributed by atoms with Crippen molar-refractivity contribution in [2.75, 3.05) is 34.9 Å². The number of hydrogen-bond donors (Lipinski definition) is 5. The van der Waals surface area contributed by atoms with E-state index in [9.17, 15) is 24.3 Å². The molecule has 0 radical (unpaired) electrons. The van der Waals surface area contributed by atoms with Gasteiger partial charge < -0.3 is 45.5 Å². The summed E-state index contributed by atoms with van der Waals surface area (Å²) in [5, 5.41) is 22.9. The number of hydrogen-bond acceptors (Lipinski definition) is 9. The maximum atomic E-state index is 13.8.